The van der Waals surface area contributed by atoms with Gasteiger partial charge in [-0.2, -0.15) is 0 Å². The Bertz CT molecular complexity index is 286. The maximum Gasteiger partial charge on any atom is 0.153 e. The Morgan fingerprint density at radius 2 is 2.38 bits per heavy atom. The summed E-state index contributed by atoms with van der Waals surface area (Å²) in [6.45, 7) is 2.02. The Balaban J connectivity index is 2.71. The van der Waals surface area contributed by atoms with Crippen LogP contribution in [0.2, 0.25) is 0 Å². The van der Waals surface area contributed by atoms with E-state index in [4.69, 9.17) is 4.74 Å². The van der Waals surface area contributed by atoms with Crippen LogP contribution in [0.15, 0.2) is 24.3 Å². The number of halogens is 1. The second kappa shape index (κ2) is 5.02. The lowest BCUT2D eigenvalue weighted by molar-refractivity contribution is 0.112. The van der Waals surface area contributed by atoms with Gasteiger partial charge in [-0.05, 0) is 34.5 Å². The van der Waals surface area contributed by atoms with E-state index in [9.17, 15) is 4.79 Å². The van der Waals surface area contributed by atoms with Crippen LogP contribution in [0.25, 0.3) is 0 Å². The van der Waals surface area contributed by atoms with E-state index < -0.39 is 0 Å². The third-order valence-corrected chi connectivity index (χ3v) is 2.41. The predicted molar refractivity (Wildman–Crippen MR) is 55.5 cm³/mol. The van der Waals surface area contributed by atoms with E-state index in [0.717, 1.165) is 12.7 Å². The van der Waals surface area contributed by atoms with Crippen molar-refractivity contribution in [3.63, 3.8) is 0 Å². The summed E-state index contributed by atoms with van der Waals surface area (Å²) in [5, 5.41) is 0.00871. The first-order chi connectivity index (χ1) is 6.26. The molecule has 0 aromatic heterocycles. The topological polar surface area (TPSA) is 26.3 Å². The highest BCUT2D eigenvalue weighted by atomic mass is 79.9. The van der Waals surface area contributed by atoms with Crippen molar-refractivity contribution in [1.82, 2.24) is 0 Å². The van der Waals surface area contributed by atoms with Gasteiger partial charge in [0.15, 0.2) is 5.01 Å². The number of hydrogen-bond donors (Lipinski definition) is 0. The number of aldehydes is 1. The van der Waals surface area contributed by atoms with Crippen molar-refractivity contribution < 1.29 is 9.53 Å². The Kier molecular flexibility index (Phi) is 3.96. The van der Waals surface area contributed by atoms with E-state index in [2.05, 4.69) is 15.9 Å². The van der Waals surface area contributed by atoms with E-state index in [-0.39, 0.29) is 5.01 Å². The molecule has 0 aliphatic carbocycles. The minimum atomic E-state index is 0.00871. The Morgan fingerprint density at radius 1 is 1.62 bits per heavy atom. The fourth-order valence-corrected chi connectivity index (χ4v) is 1.11. The molecule has 0 saturated carbocycles. The molecule has 1 aromatic carbocycles. The fraction of sp³-hybridized carbons (Fsp3) is 0.300. The molecule has 0 radical (unpaired) electrons. The van der Waals surface area contributed by atoms with Gasteiger partial charge in [-0.25, -0.2) is 0 Å². The monoisotopic (exact) mass is 242 g/mol. The van der Waals surface area contributed by atoms with E-state index in [1.165, 1.54) is 0 Å². The van der Waals surface area contributed by atoms with Crippen molar-refractivity contribution in [3.8, 4) is 5.75 Å². The minimum absolute atomic E-state index is 0.00871. The molecule has 0 heterocycles. The first-order valence-electron chi connectivity index (χ1n) is 4.12. The molecule has 0 aliphatic rings. The van der Waals surface area contributed by atoms with Gasteiger partial charge in [0, 0.05) is 5.56 Å². The molecule has 0 aliphatic heterocycles. The summed E-state index contributed by atoms with van der Waals surface area (Å²) >= 11 is 3.35. The molecule has 1 unspecified atom stereocenters. The van der Waals surface area contributed by atoms with Crippen LogP contribution in [0.5, 0.6) is 5.75 Å². The van der Waals surface area contributed by atoms with Crippen molar-refractivity contribution in [2.24, 2.45) is 0 Å². The minimum Gasteiger partial charge on any atom is -0.479 e. The van der Waals surface area contributed by atoms with E-state index in [0.29, 0.717) is 11.3 Å². The van der Waals surface area contributed by atoms with Gasteiger partial charge in [-0.1, -0.05) is 19.1 Å². The Labute approximate surface area is 86.0 Å². The van der Waals surface area contributed by atoms with Crippen molar-refractivity contribution >= 4 is 22.2 Å². The highest BCUT2D eigenvalue weighted by molar-refractivity contribution is 9.09. The number of ether oxygens (including phenoxy) is 1. The molecule has 1 atom stereocenters. The average Bonchev–Trinajstić information content (AvgIpc) is 2.18. The van der Waals surface area contributed by atoms with E-state index in [1.54, 1.807) is 18.2 Å². The Hall–Kier alpha value is -0.830. The van der Waals surface area contributed by atoms with Gasteiger partial charge in [0.25, 0.3) is 0 Å². The van der Waals surface area contributed by atoms with Gasteiger partial charge in [0.05, 0.1) is 0 Å². The molecule has 0 amide bonds. The van der Waals surface area contributed by atoms with Crippen LogP contribution < -0.4 is 4.74 Å². The molecule has 0 spiro atoms. The highest BCUT2D eigenvalue weighted by Gasteiger charge is 2.02. The molecule has 13 heavy (non-hydrogen) atoms. The lowest BCUT2D eigenvalue weighted by Gasteiger charge is -2.10. The maximum absolute atomic E-state index is 10.4. The second-order valence-corrected chi connectivity index (χ2v) is 3.65. The molecule has 70 valence electrons. The van der Waals surface area contributed by atoms with E-state index in [1.807, 2.05) is 13.0 Å². The molecule has 3 heteroatoms. The van der Waals surface area contributed by atoms with Gasteiger partial charge in [-0.15, -0.1) is 0 Å². The summed E-state index contributed by atoms with van der Waals surface area (Å²) in [6, 6.07) is 7.09. The van der Waals surface area contributed by atoms with Crippen LogP contribution in [0.4, 0.5) is 0 Å². The number of carbonyl (C=O) groups excluding carboxylic acids is 1. The number of benzene rings is 1. The third kappa shape index (κ3) is 3.19. The zero-order chi connectivity index (χ0) is 9.68. The molecule has 1 aromatic rings. The highest BCUT2D eigenvalue weighted by Crippen LogP contribution is 2.17. The van der Waals surface area contributed by atoms with Crippen LogP contribution in [0, 0.1) is 0 Å². The standard InChI is InChI=1S/C10H11BrO2/c1-2-10(11)13-9-5-3-4-8(6-9)7-12/h3-7,10H,2H2,1H3. The molecular weight excluding hydrogens is 232 g/mol. The van der Waals surface area contributed by atoms with Crippen LogP contribution in [0.1, 0.15) is 23.7 Å². The van der Waals surface area contributed by atoms with Crippen molar-refractivity contribution in [1.29, 1.82) is 0 Å². The van der Waals surface area contributed by atoms with Gasteiger partial charge >= 0.3 is 0 Å². The first kappa shape index (κ1) is 10.3. The number of rotatable bonds is 4. The molecule has 0 N–H and O–H groups in total. The second-order valence-electron chi connectivity index (χ2n) is 2.63. The molecule has 0 bridgehead atoms. The smallest absolute Gasteiger partial charge is 0.153 e. The van der Waals surface area contributed by atoms with Gasteiger partial charge < -0.3 is 4.74 Å². The lowest BCUT2D eigenvalue weighted by atomic mass is 10.2. The van der Waals surface area contributed by atoms with Crippen molar-refractivity contribution in [2.45, 2.75) is 18.4 Å². The van der Waals surface area contributed by atoms with Gasteiger partial charge in [-0.3, -0.25) is 4.79 Å². The van der Waals surface area contributed by atoms with E-state index >= 15 is 0 Å². The molecule has 1 rings (SSSR count). The lowest BCUT2D eigenvalue weighted by Crippen LogP contribution is -2.05. The third-order valence-electron chi connectivity index (χ3n) is 1.58. The van der Waals surface area contributed by atoms with Crippen LogP contribution >= 0.6 is 15.9 Å². The summed E-state index contributed by atoms with van der Waals surface area (Å²) < 4.78 is 5.46. The summed E-state index contributed by atoms with van der Waals surface area (Å²) in [5.41, 5.74) is 0.633. The summed E-state index contributed by atoms with van der Waals surface area (Å²) in [4.78, 5) is 10.4. The normalized spacial score (nSPS) is 12.2. The van der Waals surface area contributed by atoms with Gasteiger partial charge in [0.1, 0.15) is 12.0 Å². The average molecular weight is 243 g/mol. The number of carbonyl (C=O) groups is 1. The number of alkyl halides is 1. The summed E-state index contributed by atoms with van der Waals surface area (Å²) in [7, 11) is 0. The largest absolute Gasteiger partial charge is 0.479 e. The maximum atomic E-state index is 10.4. The molecule has 2 nitrogen and oxygen atoms in total. The van der Waals surface area contributed by atoms with Gasteiger partial charge in [0.2, 0.25) is 0 Å². The molecular formula is C10H11BrO2. The zero-order valence-electron chi connectivity index (χ0n) is 7.37. The van der Waals surface area contributed by atoms with Crippen molar-refractivity contribution in [2.75, 3.05) is 0 Å². The van der Waals surface area contributed by atoms with Crippen LogP contribution in [-0.2, 0) is 0 Å². The van der Waals surface area contributed by atoms with Crippen LogP contribution in [-0.4, -0.2) is 11.3 Å². The first-order valence-corrected chi connectivity index (χ1v) is 5.03. The van der Waals surface area contributed by atoms with Crippen molar-refractivity contribution in [3.05, 3.63) is 29.8 Å². The van der Waals surface area contributed by atoms with Crippen LogP contribution in [0.3, 0.4) is 0 Å². The Morgan fingerprint density at radius 3 is 3.00 bits per heavy atom. The summed E-state index contributed by atoms with van der Waals surface area (Å²) in [5.74, 6) is 0.716. The molecule has 0 fully saturated rings. The quantitative estimate of drug-likeness (QED) is 0.600. The zero-order valence-corrected chi connectivity index (χ0v) is 8.95. The number of hydrogen-bond acceptors (Lipinski definition) is 2. The summed E-state index contributed by atoms with van der Waals surface area (Å²) in [6.07, 6.45) is 1.69. The SMILES string of the molecule is CCC(Br)Oc1cccc(C=O)c1. The predicted octanol–water partition coefficient (Wildman–Crippen LogP) is 3.01. The fourth-order valence-electron chi connectivity index (χ4n) is 0.892. The molecule has 0 saturated heterocycles.